The van der Waals surface area contributed by atoms with Crippen LogP contribution in [0.1, 0.15) is 34.7 Å². The van der Waals surface area contributed by atoms with Crippen molar-refractivity contribution in [3.8, 4) is 6.01 Å². The Balaban J connectivity index is 1.53. The summed E-state index contributed by atoms with van der Waals surface area (Å²) in [5.41, 5.74) is 2.25. The van der Waals surface area contributed by atoms with Gasteiger partial charge in [0, 0.05) is 29.5 Å². The van der Waals surface area contributed by atoms with Gasteiger partial charge in [0.05, 0.1) is 6.54 Å². The molecule has 1 atom stereocenters. The molecule has 6 nitrogen and oxygen atoms in total. The Hall–Kier alpha value is -3.02. The van der Waals surface area contributed by atoms with Gasteiger partial charge >= 0.3 is 6.01 Å². The zero-order valence-corrected chi connectivity index (χ0v) is 15.6. The Morgan fingerprint density at radius 3 is 2.74 bits per heavy atom. The minimum absolute atomic E-state index is 0.0542. The van der Waals surface area contributed by atoms with E-state index in [0.717, 1.165) is 35.0 Å². The molecule has 0 aliphatic carbocycles. The van der Waals surface area contributed by atoms with Crippen LogP contribution in [0.3, 0.4) is 0 Å². The molecule has 1 unspecified atom stereocenters. The molecular formula is C21H22N4O2. The van der Waals surface area contributed by atoms with E-state index in [-0.39, 0.29) is 12.0 Å². The Morgan fingerprint density at radius 1 is 1.15 bits per heavy atom. The van der Waals surface area contributed by atoms with Crippen LogP contribution in [-0.2, 0) is 0 Å². The van der Waals surface area contributed by atoms with Crippen molar-refractivity contribution in [3.05, 3.63) is 59.7 Å². The third-order valence-electron chi connectivity index (χ3n) is 4.78. The van der Waals surface area contributed by atoms with Crippen molar-refractivity contribution in [2.75, 3.05) is 13.1 Å². The van der Waals surface area contributed by atoms with Crippen molar-refractivity contribution in [1.82, 2.24) is 19.9 Å². The number of benzene rings is 1. The van der Waals surface area contributed by atoms with Gasteiger partial charge in [0.1, 0.15) is 11.8 Å². The molecule has 0 bridgehead atoms. The summed E-state index contributed by atoms with van der Waals surface area (Å²) in [7, 11) is 0. The fourth-order valence-corrected chi connectivity index (χ4v) is 3.55. The molecule has 1 aromatic carbocycles. The predicted octanol–water partition coefficient (Wildman–Crippen LogP) is 3.33. The molecule has 3 aromatic rings. The molecule has 27 heavy (non-hydrogen) atoms. The average molecular weight is 362 g/mol. The maximum absolute atomic E-state index is 13.1. The second kappa shape index (κ2) is 7.31. The molecule has 1 saturated heterocycles. The second-order valence-corrected chi connectivity index (χ2v) is 6.95. The van der Waals surface area contributed by atoms with Gasteiger partial charge in [-0.3, -0.25) is 9.78 Å². The SMILES string of the molecule is Cc1cc(C)nc(OC2CCCN(C(=O)c3nccc4ccccc34)C2)n1. The highest BCUT2D eigenvalue weighted by molar-refractivity contribution is 6.05. The number of carbonyl (C=O) groups is 1. The number of piperidine rings is 1. The van der Waals surface area contributed by atoms with Crippen LogP contribution in [0.4, 0.5) is 0 Å². The number of hydrogen-bond donors (Lipinski definition) is 0. The molecule has 138 valence electrons. The van der Waals surface area contributed by atoms with Gasteiger partial charge in [0.15, 0.2) is 0 Å². The summed E-state index contributed by atoms with van der Waals surface area (Å²) in [6.07, 6.45) is 3.34. The minimum atomic E-state index is -0.112. The fourth-order valence-electron chi connectivity index (χ4n) is 3.55. The first kappa shape index (κ1) is 17.4. The minimum Gasteiger partial charge on any atom is -0.458 e. The molecule has 1 aliphatic rings. The number of pyridine rings is 1. The molecular weight excluding hydrogens is 340 g/mol. The number of amides is 1. The first-order valence-corrected chi connectivity index (χ1v) is 9.22. The molecule has 6 heteroatoms. The van der Waals surface area contributed by atoms with Crippen LogP contribution < -0.4 is 4.74 Å². The Kier molecular flexibility index (Phi) is 4.71. The third kappa shape index (κ3) is 3.74. The quantitative estimate of drug-likeness (QED) is 0.715. The van der Waals surface area contributed by atoms with Crippen molar-refractivity contribution in [2.45, 2.75) is 32.8 Å². The summed E-state index contributed by atoms with van der Waals surface area (Å²) in [6, 6.07) is 12.0. The topological polar surface area (TPSA) is 68.2 Å². The number of carbonyl (C=O) groups excluding carboxylic acids is 1. The average Bonchev–Trinajstić information content (AvgIpc) is 2.66. The van der Waals surface area contributed by atoms with Gasteiger partial charge in [-0.05, 0) is 44.2 Å². The van der Waals surface area contributed by atoms with E-state index in [9.17, 15) is 4.79 Å². The summed E-state index contributed by atoms with van der Waals surface area (Å²) in [4.78, 5) is 28.0. The van der Waals surface area contributed by atoms with Crippen molar-refractivity contribution in [1.29, 1.82) is 0 Å². The van der Waals surface area contributed by atoms with Gasteiger partial charge in [0.2, 0.25) is 0 Å². The summed E-state index contributed by atoms with van der Waals surface area (Å²) in [5, 5.41) is 1.90. The molecule has 3 heterocycles. The van der Waals surface area contributed by atoms with Crippen LogP contribution in [0.25, 0.3) is 10.8 Å². The molecule has 0 N–H and O–H groups in total. The van der Waals surface area contributed by atoms with Gasteiger partial charge in [0.25, 0.3) is 5.91 Å². The van der Waals surface area contributed by atoms with Crippen molar-refractivity contribution in [2.24, 2.45) is 0 Å². The van der Waals surface area contributed by atoms with Gasteiger partial charge in [-0.2, -0.15) is 0 Å². The van der Waals surface area contributed by atoms with E-state index < -0.39 is 0 Å². The lowest BCUT2D eigenvalue weighted by atomic mass is 10.1. The summed E-state index contributed by atoms with van der Waals surface area (Å²) in [6.45, 7) is 5.06. The van der Waals surface area contributed by atoms with Gasteiger partial charge in [-0.1, -0.05) is 24.3 Å². The van der Waals surface area contributed by atoms with Crippen LogP contribution in [0, 0.1) is 13.8 Å². The lowest BCUT2D eigenvalue weighted by Crippen LogP contribution is -2.44. The zero-order chi connectivity index (χ0) is 18.8. The number of likely N-dealkylation sites (tertiary alicyclic amines) is 1. The lowest BCUT2D eigenvalue weighted by Gasteiger charge is -2.32. The molecule has 1 amide bonds. The number of aryl methyl sites for hydroxylation is 2. The van der Waals surface area contributed by atoms with Crippen molar-refractivity contribution >= 4 is 16.7 Å². The highest BCUT2D eigenvalue weighted by Crippen LogP contribution is 2.21. The standard InChI is InChI=1S/C21H22N4O2/c1-14-12-15(2)24-21(23-14)27-17-7-5-11-25(13-17)20(26)19-18-8-4-3-6-16(18)9-10-22-19/h3-4,6,8-10,12,17H,5,7,11,13H2,1-2H3. The van der Waals surface area contributed by atoms with Crippen LogP contribution in [-0.4, -0.2) is 45.0 Å². The first-order chi connectivity index (χ1) is 13.1. The normalized spacial score (nSPS) is 17.1. The van der Waals surface area contributed by atoms with E-state index in [1.807, 2.05) is 55.1 Å². The molecule has 0 radical (unpaired) electrons. The van der Waals surface area contributed by atoms with E-state index >= 15 is 0 Å². The maximum Gasteiger partial charge on any atom is 0.317 e. The Morgan fingerprint density at radius 2 is 1.93 bits per heavy atom. The fraction of sp³-hybridized carbons (Fsp3) is 0.333. The van der Waals surface area contributed by atoms with Crippen molar-refractivity contribution in [3.63, 3.8) is 0 Å². The number of aromatic nitrogens is 3. The summed E-state index contributed by atoms with van der Waals surface area (Å²) >= 11 is 0. The van der Waals surface area contributed by atoms with Crippen LogP contribution in [0.5, 0.6) is 6.01 Å². The van der Waals surface area contributed by atoms with Crippen LogP contribution >= 0.6 is 0 Å². The van der Waals surface area contributed by atoms with E-state index in [1.165, 1.54) is 0 Å². The molecule has 1 fully saturated rings. The predicted molar refractivity (Wildman–Crippen MR) is 103 cm³/mol. The van der Waals surface area contributed by atoms with Gasteiger partial charge < -0.3 is 9.64 Å². The van der Waals surface area contributed by atoms with E-state index in [2.05, 4.69) is 15.0 Å². The Bertz CT molecular complexity index is 963. The lowest BCUT2D eigenvalue weighted by molar-refractivity contribution is 0.0512. The number of fused-ring (bicyclic) bond motifs is 1. The van der Waals surface area contributed by atoms with Crippen LogP contribution in [0.15, 0.2) is 42.6 Å². The van der Waals surface area contributed by atoms with Crippen LogP contribution in [0.2, 0.25) is 0 Å². The van der Waals surface area contributed by atoms with Gasteiger partial charge in [-0.15, -0.1) is 0 Å². The molecule has 2 aromatic heterocycles. The molecule has 4 rings (SSSR count). The largest absolute Gasteiger partial charge is 0.458 e. The highest BCUT2D eigenvalue weighted by atomic mass is 16.5. The number of ether oxygens (including phenoxy) is 1. The summed E-state index contributed by atoms with van der Waals surface area (Å²) in [5.74, 6) is -0.0542. The first-order valence-electron chi connectivity index (χ1n) is 9.22. The van der Waals surface area contributed by atoms with E-state index in [1.54, 1.807) is 6.20 Å². The summed E-state index contributed by atoms with van der Waals surface area (Å²) < 4.78 is 5.98. The maximum atomic E-state index is 13.1. The third-order valence-corrected chi connectivity index (χ3v) is 4.78. The molecule has 1 aliphatic heterocycles. The van der Waals surface area contributed by atoms with Gasteiger partial charge in [-0.25, -0.2) is 9.97 Å². The van der Waals surface area contributed by atoms with Crippen molar-refractivity contribution < 1.29 is 9.53 Å². The van der Waals surface area contributed by atoms with E-state index in [4.69, 9.17) is 4.74 Å². The number of rotatable bonds is 3. The highest BCUT2D eigenvalue weighted by Gasteiger charge is 2.27. The monoisotopic (exact) mass is 362 g/mol. The molecule has 0 saturated carbocycles. The smallest absolute Gasteiger partial charge is 0.317 e. The number of hydrogen-bond acceptors (Lipinski definition) is 5. The Labute approximate surface area is 158 Å². The van der Waals surface area contributed by atoms with E-state index in [0.29, 0.717) is 24.8 Å². The number of nitrogens with zero attached hydrogens (tertiary/aromatic N) is 4. The zero-order valence-electron chi connectivity index (χ0n) is 15.6. The second-order valence-electron chi connectivity index (χ2n) is 6.95. The molecule has 0 spiro atoms.